The molecule has 3 N–H and O–H groups in total. The normalized spacial score (nSPS) is 11.9. The fourth-order valence-corrected chi connectivity index (χ4v) is 5.25. The molecule has 0 spiro atoms. The third-order valence-corrected chi connectivity index (χ3v) is 7.39. The predicted molar refractivity (Wildman–Crippen MR) is 123 cm³/mol. The Morgan fingerprint density at radius 3 is 2.15 bits per heavy atom. The minimum Gasteiger partial charge on any atom is -0.478 e. The van der Waals surface area contributed by atoms with Crippen LogP contribution in [0.5, 0.6) is 0 Å². The molecule has 0 saturated heterocycles. The first-order valence-corrected chi connectivity index (χ1v) is 12.6. The Morgan fingerprint density at radius 1 is 0.818 bits per heavy atom. The fourth-order valence-electron chi connectivity index (χ4n) is 2.96. The average molecular weight is 507 g/mol. The highest BCUT2D eigenvalue weighted by Gasteiger charge is 2.23. The van der Waals surface area contributed by atoms with Crippen molar-refractivity contribution in [3.05, 3.63) is 83.4 Å². The molecule has 0 aliphatic rings. The molecule has 0 saturated carbocycles. The van der Waals surface area contributed by atoms with Crippen molar-refractivity contribution >= 4 is 60.0 Å². The highest BCUT2D eigenvalue weighted by Crippen LogP contribution is 2.31. The number of benzene rings is 3. The highest BCUT2D eigenvalue weighted by atomic mass is 35.5. The molecule has 0 bridgehead atoms. The van der Waals surface area contributed by atoms with Gasteiger partial charge in [-0.25, -0.2) is 13.2 Å². The van der Waals surface area contributed by atoms with Crippen molar-refractivity contribution < 1.29 is 31.2 Å². The number of carbonyl (C=O) groups is 1. The van der Waals surface area contributed by atoms with E-state index in [-0.39, 0.29) is 31.9 Å². The van der Waals surface area contributed by atoms with Crippen LogP contribution in [0, 0.1) is 0 Å². The summed E-state index contributed by atoms with van der Waals surface area (Å²) in [5.41, 5.74) is 0.0597. The Labute approximate surface area is 193 Å². The highest BCUT2D eigenvalue weighted by molar-refractivity contribution is 7.93. The number of furan rings is 1. The molecule has 9 nitrogen and oxygen atoms in total. The topological polar surface area (TPSA) is 143 Å². The number of halogens is 1. The molecule has 1 aromatic heterocycles. The van der Waals surface area contributed by atoms with E-state index in [1.807, 2.05) is 0 Å². The molecule has 0 aliphatic heterocycles. The second kappa shape index (κ2) is 8.43. The van der Waals surface area contributed by atoms with Crippen LogP contribution < -0.4 is 9.44 Å². The van der Waals surface area contributed by atoms with E-state index in [0.717, 1.165) is 24.3 Å². The van der Waals surface area contributed by atoms with Crippen LogP contribution in [-0.4, -0.2) is 27.9 Å². The number of anilines is 2. The Kier molecular flexibility index (Phi) is 5.78. The van der Waals surface area contributed by atoms with Crippen molar-refractivity contribution in [1.29, 1.82) is 0 Å². The lowest BCUT2D eigenvalue weighted by molar-refractivity contribution is 0.0696. The Morgan fingerprint density at radius 2 is 1.48 bits per heavy atom. The summed E-state index contributed by atoms with van der Waals surface area (Å²) in [6, 6.07) is 16.5. The number of hydrogen-bond donors (Lipinski definition) is 3. The number of para-hydroxylation sites is 1. The quantitative estimate of drug-likeness (QED) is 0.337. The number of carboxylic acid groups (broad SMARTS) is 1. The summed E-state index contributed by atoms with van der Waals surface area (Å²) in [5, 5.41) is 9.35. The number of sulfonamides is 2. The van der Waals surface area contributed by atoms with Crippen LogP contribution in [0.1, 0.15) is 10.4 Å². The summed E-state index contributed by atoms with van der Waals surface area (Å²) in [6.45, 7) is 0. The van der Waals surface area contributed by atoms with Gasteiger partial charge in [0.05, 0.1) is 21.8 Å². The summed E-state index contributed by atoms with van der Waals surface area (Å²) in [7, 11) is -8.40. The van der Waals surface area contributed by atoms with Gasteiger partial charge in [0, 0.05) is 16.5 Å². The Bertz CT molecular complexity index is 1550. The van der Waals surface area contributed by atoms with Gasteiger partial charge in [0.15, 0.2) is 0 Å². The maximum absolute atomic E-state index is 12.9. The molecule has 12 heteroatoms. The lowest BCUT2D eigenvalue weighted by Crippen LogP contribution is -2.17. The average Bonchev–Trinajstić information content (AvgIpc) is 3.21. The Hall–Kier alpha value is -3.54. The minimum atomic E-state index is -4.23. The van der Waals surface area contributed by atoms with Crippen molar-refractivity contribution in [2.24, 2.45) is 0 Å². The van der Waals surface area contributed by atoms with Gasteiger partial charge in [0.25, 0.3) is 20.0 Å². The van der Waals surface area contributed by atoms with Gasteiger partial charge >= 0.3 is 5.97 Å². The van der Waals surface area contributed by atoms with E-state index in [1.54, 1.807) is 24.3 Å². The van der Waals surface area contributed by atoms with Crippen LogP contribution in [0.15, 0.2) is 87.2 Å². The van der Waals surface area contributed by atoms with E-state index in [4.69, 9.17) is 21.1 Å². The van der Waals surface area contributed by atoms with Crippen molar-refractivity contribution in [3.63, 3.8) is 0 Å². The minimum absolute atomic E-state index is 0.0836. The van der Waals surface area contributed by atoms with Gasteiger partial charge in [-0.2, -0.15) is 8.42 Å². The van der Waals surface area contributed by atoms with Crippen LogP contribution in [0.25, 0.3) is 11.0 Å². The molecule has 0 atom stereocenters. The molecular formula is C21H15ClN2O7S2. The molecule has 1 heterocycles. The van der Waals surface area contributed by atoms with Crippen LogP contribution in [-0.2, 0) is 20.0 Å². The molecule has 170 valence electrons. The van der Waals surface area contributed by atoms with Crippen molar-refractivity contribution in [1.82, 2.24) is 0 Å². The van der Waals surface area contributed by atoms with E-state index < -0.39 is 26.0 Å². The predicted octanol–water partition coefficient (Wildman–Crippen LogP) is 4.39. The van der Waals surface area contributed by atoms with Gasteiger partial charge in [-0.3, -0.25) is 9.44 Å². The van der Waals surface area contributed by atoms with E-state index in [2.05, 4.69) is 9.44 Å². The van der Waals surface area contributed by atoms with E-state index in [0.29, 0.717) is 11.0 Å². The molecule has 0 unspecified atom stereocenters. The lowest BCUT2D eigenvalue weighted by Gasteiger charge is -2.14. The summed E-state index contributed by atoms with van der Waals surface area (Å²) >= 11 is 6.00. The number of nitrogens with one attached hydrogen (secondary N) is 2. The third kappa shape index (κ3) is 4.80. The first-order chi connectivity index (χ1) is 15.5. The third-order valence-electron chi connectivity index (χ3n) is 4.55. The van der Waals surface area contributed by atoms with Gasteiger partial charge in [-0.05, 0) is 48.5 Å². The van der Waals surface area contributed by atoms with E-state index in [9.17, 15) is 21.6 Å². The Balaban J connectivity index is 1.66. The zero-order chi connectivity index (χ0) is 23.8. The molecule has 0 amide bonds. The number of carboxylic acids is 1. The van der Waals surface area contributed by atoms with Crippen molar-refractivity contribution in [3.8, 4) is 0 Å². The zero-order valence-corrected chi connectivity index (χ0v) is 18.9. The second-order valence-electron chi connectivity index (χ2n) is 6.83. The summed E-state index contributed by atoms with van der Waals surface area (Å²) in [4.78, 5) is 10.8. The van der Waals surface area contributed by atoms with Gasteiger partial charge in [0.2, 0.25) is 5.09 Å². The first kappa shape index (κ1) is 22.6. The number of rotatable bonds is 7. The number of hydrogen-bond acceptors (Lipinski definition) is 6. The van der Waals surface area contributed by atoms with Crippen LogP contribution in [0.3, 0.4) is 0 Å². The van der Waals surface area contributed by atoms with Crippen molar-refractivity contribution in [2.45, 2.75) is 9.99 Å². The summed E-state index contributed by atoms with van der Waals surface area (Å²) in [5.74, 6) is -1.20. The van der Waals surface area contributed by atoms with Gasteiger partial charge in [0.1, 0.15) is 5.58 Å². The monoisotopic (exact) mass is 506 g/mol. The number of aromatic carboxylic acids is 1. The van der Waals surface area contributed by atoms with Crippen LogP contribution in [0.2, 0.25) is 5.02 Å². The maximum atomic E-state index is 12.9. The smallest absolute Gasteiger partial charge is 0.335 e. The largest absolute Gasteiger partial charge is 0.478 e. The summed E-state index contributed by atoms with van der Waals surface area (Å²) in [6.07, 6.45) is 0. The lowest BCUT2D eigenvalue weighted by atomic mass is 10.2. The molecule has 0 fully saturated rings. The molecule has 3 aromatic carbocycles. The fraction of sp³-hybridized carbons (Fsp3) is 0. The van der Waals surface area contributed by atoms with Crippen LogP contribution in [0.4, 0.5) is 11.4 Å². The van der Waals surface area contributed by atoms with E-state index in [1.165, 1.54) is 24.3 Å². The second-order valence-corrected chi connectivity index (χ2v) is 10.6. The van der Waals surface area contributed by atoms with Crippen LogP contribution >= 0.6 is 11.6 Å². The zero-order valence-electron chi connectivity index (χ0n) is 16.5. The van der Waals surface area contributed by atoms with Gasteiger partial charge < -0.3 is 9.52 Å². The first-order valence-electron chi connectivity index (χ1n) is 9.22. The molecule has 0 radical (unpaired) electrons. The van der Waals surface area contributed by atoms with Gasteiger partial charge in [-0.15, -0.1) is 0 Å². The molecule has 0 aliphatic carbocycles. The maximum Gasteiger partial charge on any atom is 0.335 e. The standard InChI is InChI=1S/C21H15ClN2O7S2/c22-15-7-10-17(23-32(27,28)16-8-5-13(6-9-16)21(25)26)18(12-15)24-33(29,30)20-11-14-3-1-2-4-19(14)31-20/h1-12,23-24H,(H,25,26). The van der Waals surface area contributed by atoms with Gasteiger partial charge in [-0.1, -0.05) is 29.8 Å². The molecular weight excluding hydrogens is 492 g/mol. The molecule has 4 aromatic rings. The van der Waals surface area contributed by atoms with E-state index >= 15 is 0 Å². The summed E-state index contributed by atoms with van der Waals surface area (Å²) < 4.78 is 61.3. The van der Waals surface area contributed by atoms with Crippen molar-refractivity contribution in [2.75, 3.05) is 9.44 Å². The number of fused-ring (bicyclic) bond motifs is 1. The SMILES string of the molecule is O=C(O)c1ccc(S(=O)(=O)Nc2ccc(Cl)cc2NS(=O)(=O)c2cc3ccccc3o2)cc1. The molecule has 4 rings (SSSR count). The molecule has 33 heavy (non-hydrogen) atoms.